The summed E-state index contributed by atoms with van der Waals surface area (Å²) in [6.45, 7) is 4.44. The molecule has 25 heavy (non-hydrogen) atoms. The van der Waals surface area contributed by atoms with Gasteiger partial charge in [0.2, 0.25) is 0 Å². The zero-order chi connectivity index (χ0) is 18.0. The number of hydrogen-bond acceptors (Lipinski definition) is 5. The molecule has 1 aromatic carbocycles. The van der Waals surface area contributed by atoms with Crippen molar-refractivity contribution in [3.05, 3.63) is 29.3 Å². The first kappa shape index (κ1) is 17.7. The summed E-state index contributed by atoms with van der Waals surface area (Å²) < 4.78 is 5.93. The maximum Gasteiger partial charge on any atom is 0.328 e. The van der Waals surface area contributed by atoms with Crippen molar-refractivity contribution >= 4 is 33.6 Å². The monoisotopic (exact) mass is 361 g/mol. The first-order chi connectivity index (χ1) is 12.0. The largest absolute Gasteiger partial charge is 0.467 e. The van der Waals surface area contributed by atoms with Crippen molar-refractivity contribution in [2.24, 2.45) is 5.92 Å². The van der Waals surface area contributed by atoms with Gasteiger partial charge in [-0.3, -0.25) is 0 Å². The van der Waals surface area contributed by atoms with Gasteiger partial charge in [-0.25, -0.2) is 14.6 Å². The highest BCUT2D eigenvalue weighted by Gasteiger charge is 2.35. The molecule has 3 rings (SSSR count). The Morgan fingerprint density at radius 2 is 2.12 bits per heavy atom. The van der Waals surface area contributed by atoms with Crippen LogP contribution in [0.3, 0.4) is 0 Å². The van der Waals surface area contributed by atoms with E-state index in [1.165, 1.54) is 7.11 Å². The third kappa shape index (κ3) is 3.61. The van der Waals surface area contributed by atoms with Crippen LogP contribution < -0.4 is 5.32 Å². The molecule has 2 amide bonds. The van der Waals surface area contributed by atoms with Crippen molar-refractivity contribution in [3.8, 4) is 0 Å². The fraction of sp³-hybridized carbons (Fsp3) is 0.500. The number of amides is 2. The molecule has 1 aliphatic rings. The highest BCUT2D eigenvalue weighted by molar-refractivity contribution is 7.18. The second-order valence-electron chi connectivity index (χ2n) is 6.57. The molecule has 0 aliphatic carbocycles. The molecule has 1 saturated heterocycles. The van der Waals surface area contributed by atoms with Gasteiger partial charge in [-0.1, -0.05) is 26.0 Å². The molecule has 0 radical (unpaired) electrons. The first-order valence-electron chi connectivity index (χ1n) is 8.51. The molecule has 1 aromatic heterocycles. The highest BCUT2D eigenvalue weighted by Crippen LogP contribution is 2.36. The van der Waals surface area contributed by atoms with Gasteiger partial charge >= 0.3 is 12.0 Å². The summed E-state index contributed by atoms with van der Waals surface area (Å²) in [7, 11) is 1.34. The number of thiazole rings is 1. The van der Waals surface area contributed by atoms with Crippen LogP contribution in [-0.4, -0.2) is 41.6 Å². The maximum atomic E-state index is 12.8. The molecule has 1 fully saturated rings. The quantitative estimate of drug-likeness (QED) is 0.848. The SMILES string of the molecule is COC(=O)[C@@H](NC(=O)N1CCC[C@@H]1c1nc2ccccc2s1)C(C)C. The van der Waals surface area contributed by atoms with Crippen molar-refractivity contribution in [2.75, 3.05) is 13.7 Å². The first-order valence-corrected chi connectivity index (χ1v) is 9.33. The molecule has 1 N–H and O–H groups in total. The van der Waals surface area contributed by atoms with E-state index in [1.807, 2.05) is 38.1 Å². The van der Waals surface area contributed by atoms with Crippen molar-refractivity contribution < 1.29 is 14.3 Å². The smallest absolute Gasteiger partial charge is 0.328 e. The van der Waals surface area contributed by atoms with E-state index in [1.54, 1.807) is 16.2 Å². The number of urea groups is 1. The van der Waals surface area contributed by atoms with Gasteiger partial charge in [0, 0.05) is 6.54 Å². The summed E-state index contributed by atoms with van der Waals surface area (Å²) in [6.07, 6.45) is 1.82. The topological polar surface area (TPSA) is 71.5 Å². The number of benzene rings is 1. The van der Waals surface area contributed by atoms with Crippen LogP contribution in [0.4, 0.5) is 4.79 Å². The number of nitrogens with zero attached hydrogens (tertiary/aromatic N) is 2. The van der Waals surface area contributed by atoms with Crippen LogP contribution >= 0.6 is 11.3 Å². The number of hydrogen-bond donors (Lipinski definition) is 1. The van der Waals surface area contributed by atoms with Gasteiger partial charge < -0.3 is 15.0 Å². The molecule has 2 heterocycles. The standard InChI is InChI=1S/C18H23N3O3S/c1-11(2)15(17(22)24-3)20-18(23)21-10-6-8-13(21)16-19-12-7-4-5-9-14(12)25-16/h4-5,7,9,11,13,15H,6,8,10H2,1-3H3,(H,20,23)/t13-,15+/m1/s1. The van der Waals surface area contributed by atoms with Crippen LogP contribution in [0.25, 0.3) is 10.2 Å². The minimum atomic E-state index is -0.644. The summed E-state index contributed by atoms with van der Waals surface area (Å²) in [5.41, 5.74) is 0.962. The molecule has 1 aliphatic heterocycles. The van der Waals surface area contributed by atoms with E-state index in [4.69, 9.17) is 9.72 Å². The molecule has 0 saturated carbocycles. The van der Waals surface area contributed by atoms with Crippen LogP contribution in [-0.2, 0) is 9.53 Å². The van der Waals surface area contributed by atoms with Crippen molar-refractivity contribution in [1.82, 2.24) is 15.2 Å². The van der Waals surface area contributed by atoms with E-state index < -0.39 is 12.0 Å². The zero-order valence-corrected chi connectivity index (χ0v) is 15.5. The number of carbonyl (C=O) groups is 2. The predicted molar refractivity (Wildman–Crippen MR) is 97.5 cm³/mol. The van der Waals surface area contributed by atoms with Crippen molar-refractivity contribution in [2.45, 2.75) is 38.8 Å². The molecular formula is C18H23N3O3S. The fourth-order valence-corrected chi connectivity index (χ4v) is 4.26. The second-order valence-corrected chi connectivity index (χ2v) is 7.63. The summed E-state index contributed by atoms with van der Waals surface area (Å²) in [6, 6.07) is 7.08. The third-order valence-corrected chi connectivity index (χ3v) is 5.65. The lowest BCUT2D eigenvalue weighted by molar-refractivity contribution is -0.144. The summed E-state index contributed by atoms with van der Waals surface area (Å²) in [4.78, 5) is 31.2. The Balaban J connectivity index is 1.78. The van der Waals surface area contributed by atoms with E-state index in [9.17, 15) is 9.59 Å². The molecule has 134 valence electrons. The Morgan fingerprint density at radius 3 is 2.80 bits per heavy atom. The lowest BCUT2D eigenvalue weighted by Gasteiger charge is -2.27. The van der Waals surface area contributed by atoms with E-state index in [0.717, 1.165) is 28.1 Å². The molecule has 0 bridgehead atoms. The average molecular weight is 361 g/mol. The van der Waals surface area contributed by atoms with E-state index in [-0.39, 0.29) is 18.0 Å². The number of para-hydroxylation sites is 1. The van der Waals surface area contributed by atoms with Gasteiger partial charge in [-0.15, -0.1) is 11.3 Å². The fourth-order valence-electron chi connectivity index (χ4n) is 3.14. The number of rotatable bonds is 4. The molecule has 0 unspecified atom stereocenters. The van der Waals surface area contributed by atoms with Crippen molar-refractivity contribution in [1.29, 1.82) is 0 Å². The summed E-state index contributed by atoms with van der Waals surface area (Å²) in [5, 5.41) is 3.78. The third-order valence-electron chi connectivity index (χ3n) is 4.51. The minimum Gasteiger partial charge on any atom is -0.467 e. The molecule has 6 nitrogen and oxygen atoms in total. The zero-order valence-electron chi connectivity index (χ0n) is 14.7. The van der Waals surface area contributed by atoms with Crippen LogP contribution in [0.2, 0.25) is 0 Å². The van der Waals surface area contributed by atoms with Gasteiger partial charge in [0.25, 0.3) is 0 Å². The van der Waals surface area contributed by atoms with Gasteiger partial charge in [-0.2, -0.15) is 0 Å². The molecule has 7 heteroatoms. The van der Waals surface area contributed by atoms with Crippen molar-refractivity contribution in [3.63, 3.8) is 0 Å². The Labute approximate surface area is 151 Å². The van der Waals surface area contributed by atoms with Crippen LogP contribution in [0.15, 0.2) is 24.3 Å². The molecule has 2 atom stereocenters. The lowest BCUT2D eigenvalue weighted by atomic mass is 10.1. The number of aromatic nitrogens is 1. The van der Waals surface area contributed by atoms with Gasteiger partial charge in [0.1, 0.15) is 11.0 Å². The Morgan fingerprint density at radius 1 is 1.36 bits per heavy atom. The Hall–Kier alpha value is -2.15. The van der Waals surface area contributed by atoms with E-state index in [0.29, 0.717) is 6.54 Å². The number of ether oxygens (including phenoxy) is 1. The summed E-state index contributed by atoms with van der Waals surface area (Å²) in [5.74, 6) is -0.459. The maximum absolute atomic E-state index is 12.8. The van der Waals surface area contributed by atoms with Gasteiger partial charge in [0.15, 0.2) is 0 Å². The minimum absolute atomic E-state index is 0.0390. The van der Waals surface area contributed by atoms with Gasteiger partial charge in [0.05, 0.1) is 23.4 Å². The van der Waals surface area contributed by atoms with E-state index >= 15 is 0 Å². The Kier molecular flexibility index (Phi) is 5.22. The molecular weight excluding hydrogens is 338 g/mol. The normalized spacial score (nSPS) is 18.6. The van der Waals surface area contributed by atoms with Crippen LogP contribution in [0.5, 0.6) is 0 Å². The predicted octanol–water partition coefficient (Wildman–Crippen LogP) is 3.34. The number of likely N-dealkylation sites (tertiary alicyclic amines) is 1. The molecule has 0 spiro atoms. The van der Waals surface area contributed by atoms with E-state index in [2.05, 4.69) is 5.32 Å². The average Bonchev–Trinajstić information content (AvgIpc) is 3.24. The number of fused-ring (bicyclic) bond motifs is 1. The van der Waals surface area contributed by atoms with Crippen LogP contribution in [0, 0.1) is 5.92 Å². The second kappa shape index (κ2) is 7.39. The van der Waals surface area contributed by atoms with Crippen LogP contribution in [0.1, 0.15) is 37.7 Å². The molecule has 2 aromatic rings. The lowest BCUT2D eigenvalue weighted by Crippen LogP contribution is -2.50. The number of carbonyl (C=O) groups excluding carboxylic acids is 2. The number of methoxy groups -OCH3 is 1. The Bertz CT molecular complexity index is 741. The number of nitrogens with one attached hydrogen (secondary N) is 1. The highest BCUT2D eigenvalue weighted by atomic mass is 32.1. The summed E-state index contributed by atoms with van der Waals surface area (Å²) >= 11 is 1.63. The van der Waals surface area contributed by atoms with Gasteiger partial charge in [-0.05, 0) is 30.9 Å². The number of esters is 1.